The predicted octanol–water partition coefficient (Wildman–Crippen LogP) is 1.26. The molecule has 0 radical (unpaired) electrons. The molecule has 0 saturated carbocycles. The molecule has 0 bridgehead atoms. The number of nitrogens with one attached hydrogen (secondary N) is 1. The molecule has 1 N–H and O–H groups in total. The molecule has 1 aliphatic rings. The van der Waals surface area contributed by atoms with Crippen LogP contribution in [0.4, 0.5) is 0 Å². The maximum Gasteiger partial charge on any atom is 0.239 e. The number of nitrogens with zero attached hydrogens (tertiary/aromatic N) is 1. The van der Waals surface area contributed by atoms with Gasteiger partial charge in [-0.15, -0.1) is 0 Å². The summed E-state index contributed by atoms with van der Waals surface area (Å²) >= 11 is 0. The van der Waals surface area contributed by atoms with Crippen molar-refractivity contribution in [1.29, 1.82) is 0 Å². The van der Waals surface area contributed by atoms with Gasteiger partial charge < -0.3 is 15.0 Å². The number of hydrogen-bond donors (Lipinski definition) is 1. The minimum absolute atomic E-state index is 0.0698. The van der Waals surface area contributed by atoms with E-state index in [1.165, 1.54) is 0 Å². The van der Waals surface area contributed by atoms with Gasteiger partial charge in [-0.2, -0.15) is 0 Å². The van der Waals surface area contributed by atoms with Crippen molar-refractivity contribution >= 4 is 5.91 Å². The average molecular weight is 242 g/mol. The van der Waals surface area contributed by atoms with Gasteiger partial charge >= 0.3 is 0 Å². The molecule has 1 amide bonds. The van der Waals surface area contributed by atoms with Gasteiger partial charge in [-0.25, -0.2) is 0 Å². The Hall–Kier alpha value is -0.610. The number of carbonyl (C=O) groups excluding carboxylic acids is 1. The van der Waals surface area contributed by atoms with Gasteiger partial charge in [-0.1, -0.05) is 13.8 Å². The van der Waals surface area contributed by atoms with Crippen molar-refractivity contribution in [2.45, 2.75) is 51.8 Å². The first kappa shape index (κ1) is 14.5. The van der Waals surface area contributed by atoms with Crippen LogP contribution in [0.5, 0.6) is 0 Å². The Bertz CT molecular complexity index is 256. The van der Waals surface area contributed by atoms with Crippen molar-refractivity contribution in [2.24, 2.45) is 5.92 Å². The normalized spacial score (nSPS) is 26.2. The van der Waals surface area contributed by atoms with E-state index >= 15 is 0 Å². The Balaban J connectivity index is 2.46. The first-order chi connectivity index (χ1) is 7.95. The molecule has 1 fully saturated rings. The molecule has 0 aromatic heterocycles. The van der Waals surface area contributed by atoms with Crippen LogP contribution in [0.1, 0.15) is 33.6 Å². The van der Waals surface area contributed by atoms with Crippen LogP contribution in [0.25, 0.3) is 0 Å². The molecule has 0 aromatic rings. The summed E-state index contributed by atoms with van der Waals surface area (Å²) in [4.78, 5) is 14.1. The molecule has 1 heterocycles. The van der Waals surface area contributed by atoms with Crippen LogP contribution in [0.15, 0.2) is 0 Å². The van der Waals surface area contributed by atoms with E-state index in [2.05, 4.69) is 26.1 Å². The summed E-state index contributed by atoms with van der Waals surface area (Å²) in [6, 6.07) is 0.227. The predicted molar refractivity (Wildman–Crippen MR) is 68.9 cm³/mol. The Morgan fingerprint density at radius 2 is 2.12 bits per heavy atom. The molecule has 0 spiro atoms. The van der Waals surface area contributed by atoms with E-state index in [-0.39, 0.29) is 18.1 Å². The number of likely N-dealkylation sites (N-methyl/N-ethyl adjacent to an activating group) is 1. The molecule has 4 nitrogen and oxygen atoms in total. The van der Waals surface area contributed by atoms with Gasteiger partial charge in [-0.05, 0) is 25.7 Å². The van der Waals surface area contributed by atoms with Gasteiger partial charge in [0, 0.05) is 26.7 Å². The molecule has 100 valence electrons. The zero-order chi connectivity index (χ0) is 13.0. The molecule has 0 aromatic carbocycles. The van der Waals surface area contributed by atoms with E-state index < -0.39 is 0 Å². The molecular formula is C13H26N2O2. The number of ether oxygens (including phenoxy) is 1. The van der Waals surface area contributed by atoms with Gasteiger partial charge in [0.15, 0.2) is 0 Å². The molecule has 3 unspecified atom stereocenters. The van der Waals surface area contributed by atoms with E-state index in [9.17, 15) is 4.79 Å². The first-order valence-electron chi connectivity index (χ1n) is 6.48. The maximum atomic E-state index is 12.2. The van der Waals surface area contributed by atoms with Crippen molar-refractivity contribution in [3.63, 3.8) is 0 Å². The van der Waals surface area contributed by atoms with Crippen LogP contribution in [0.3, 0.4) is 0 Å². The monoisotopic (exact) mass is 242 g/mol. The van der Waals surface area contributed by atoms with E-state index in [1.807, 2.05) is 11.9 Å². The number of carbonyl (C=O) groups is 1. The van der Waals surface area contributed by atoms with E-state index in [1.54, 1.807) is 7.11 Å². The molecular weight excluding hydrogens is 216 g/mol. The number of rotatable bonds is 5. The smallest absolute Gasteiger partial charge is 0.239 e. The highest BCUT2D eigenvalue weighted by Gasteiger charge is 2.32. The maximum absolute atomic E-state index is 12.2. The van der Waals surface area contributed by atoms with Crippen molar-refractivity contribution in [3.05, 3.63) is 0 Å². The standard InChI is InChI=1S/C13H26N2O2/c1-9(2)6-10(3)15(4)13(16)12-7-11(17-5)8-14-12/h9-12,14H,6-8H2,1-5H3. The van der Waals surface area contributed by atoms with Gasteiger partial charge in [0.25, 0.3) is 0 Å². The summed E-state index contributed by atoms with van der Waals surface area (Å²) in [6.07, 6.45) is 2.01. The Kier molecular flexibility index (Phi) is 5.40. The Morgan fingerprint density at radius 1 is 1.47 bits per heavy atom. The lowest BCUT2D eigenvalue weighted by atomic mass is 10.0. The third-order valence-corrected chi connectivity index (χ3v) is 3.54. The summed E-state index contributed by atoms with van der Waals surface area (Å²) in [7, 11) is 3.60. The molecule has 1 aliphatic heterocycles. The molecule has 3 atom stereocenters. The quantitative estimate of drug-likeness (QED) is 0.789. The zero-order valence-electron chi connectivity index (χ0n) is 11.7. The lowest BCUT2D eigenvalue weighted by Gasteiger charge is -2.28. The van der Waals surface area contributed by atoms with Gasteiger partial charge in [-0.3, -0.25) is 4.79 Å². The summed E-state index contributed by atoms with van der Waals surface area (Å²) in [5.74, 6) is 0.807. The summed E-state index contributed by atoms with van der Waals surface area (Å²) in [6.45, 7) is 7.26. The van der Waals surface area contributed by atoms with E-state index in [0.29, 0.717) is 12.0 Å². The van der Waals surface area contributed by atoms with Crippen molar-refractivity contribution in [3.8, 4) is 0 Å². The number of methoxy groups -OCH3 is 1. The lowest BCUT2D eigenvalue weighted by Crippen LogP contribution is -2.45. The second-order valence-electron chi connectivity index (χ2n) is 5.48. The van der Waals surface area contributed by atoms with Crippen LogP contribution in [-0.2, 0) is 9.53 Å². The summed E-state index contributed by atoms with van der Waals surface area (Å²) < 4.78 is 5.26. The van der Waals surface area contributed by atoms with Gasteiger partial charge in [0.05, 0.1) is 12.1 Å². The Morgan fingerprint density at radius 3 is 2.59 bits per heavy atom. The lowest BCUT2D eigenvalue weighted by molar-refractivity contribution is -0.134. The highest BCUT2D eigenvalue weighted by atomic mass is 16.5. The average Bonchev–Trinajstić information content (AvgIpc) is 2.74. The molecule has 4 heteroatoms. The molecule has 17 heavy (non-hydrogen) atoms. The second-order valence-corrected chi connectivity index (χ2v) is 5.48. The van der Waals surface area contributed by atoms with E-state index in [4.69, 9.17) is 4.74 Å². The third-order valence-electron chi connectivity index (χ3n) is 3.54. The van der Waals surface area contributed by atoms with Crippen LogP contribution in [0.2, 0.25) is 0 Å². The third kappa shape index (κ3) is 3.96. The Labute approximate surface area is 105 Å². The van der Waals surface area contributed by atoms with Crippen LogP contribution in [-0.4, -0.2) is 49.7 Å². The van der Waals surface area contributed by atoms with Crippen molar-refractivity contribution < 1.29 is 9.53 Å². The fourth-order valence-corrected chi connectivity index (χ4v) is 2.37. The number of hydrogen-bond acceptors (Lipinski definition) is 3. The number of amides is 1. The van der Waals surface area contributed by atoms with Crippen LogP contribution in [0, 0.1) is 5.92 Å². The highest BCUT2D eigenvalue weighted by Crippen LogP contribution is 2.15. The van der Waals surface area contributed by atoms with Gasteiger partial charge in [0.1, 0.15) is 0 Å². The van der Waals surface area contributed by atoms with Crippen molar-refractivity contribution in [2.75, 3.05) is 20.7 Å². The molecule has 1 saturated heterocycles. The fraction of sp³-hybridized carbons (Fsp3) is 0.923. The molecule has 0 aliphatic carbocycles. The van der Waals surface area contributed by atoms with Crippen LogP contribution >= 0.6 is 0 Å². The SMILES string of the molecule is COC1CNC(C(=O)N(C)C(C)CC(C)C)C1. The first-order valence-corrected chi connectivity index (χ1v) is 6.48. The zero-order valence-corrected chi connectivity index (χ0v) is 11.7. The molecule has 1 rings (SSSR count). The highest BCUT2D eigenvalue weighted by molar-refractivity contribution is 5.82. The summed E-state index contributed by atoms with van der Waals surface area (Å²) in [5.41, 5.74) is 0. The second kappa shape index (κ2) is 6.36. The summed E-state index contributed by atoms with van der Waals surface area (Å²) in [5, 5.41) is 3.23. The van der Waals surface area contributed by atoms with Crippen molar-refractivity contribution in [1.82, 2.24) is 10.2 Å². The van der Waals surface area contributed by atoms with Gasteiger partial charge in [0.2, 0.25) is 5.91 Å². The minimum Gasteiger partial charge on any atom is -0.380 e. The topological polar surface area (TPSA) is 41.6 Å². The van der Waals surface area contributed by atoms with E-state index in [0.717, 1.165) is 19.4 Å². The fourth-order valence-electron chi connectivity index (χ4n) is 2.37. The van der Waals surface area contributed by atoms with Crippen LogP contribution < -0.4 is 5.32 Å². The minimum atomic E-state index is -0.0698. The largest absolute Gasteiger partial charge is 0.380 e.